The Kier molecular flexibility index (Phi) is 4.43. The molecule has 28 heavy (non-hydrogen) atoms. The number of carbonyl (C=O) groups excluding carboxylic acids is 2. The highest BCUT2D eigenvalue weighted by Crippen LogP contribution is 2.45. The van der Waals surface area contributed by atoms with E-state index in [4.69, 9.17) is 4.74 Å². The number of aliphatic carboxylic acids is 1. The van der Waals surface area contributed by atoms with Crippen molar-refractivity contribution in [2.75, 3.05) is 5.32 Å². The van der Waals surface area contributed by atoms with Crippen LogP contribution in [-0.2, 0) is 27.2 Å². The van der Waals surface area contributed by atoms with Crippen LogP contribution < -0.4 is 10.6 Å². The third kappa shape index (κ3) is 3.03. The fourth-order valence-corrected chi connectivity index (χ4v) is 6.19. The van der Waals surface area contributed by atoms with Crippen LogP contribution in [0.15, 0.2) is 0 Å². The van der Waals surface area contributed by atoms with Crippen LogP contribution in [0.25, 0.3) is 0 Å². The van der Waals surface area contributed by atoms with Crippen molar-refractivity contribution < 1.29 is 24.2 Å². The molecule has 2 amide bonds. The van der Waals surface area contributed by atoms with Gasteiger partial charge in [0.05, 0.1) is 29.6 Å². The van der Waals surface area contributed by atoms with Gasteiger partial charge in [0.15, 0.2) is 0 Å². The molecule has 0 aromatic carbocycles. The van der Waals surface area contributed by atoms with Crippen LogP contribution in [0.3, 0.4) is 0 Å². The standard InChI is InChI=1S/C20H24N2O5S/c23-17(21-9-5-6-9)14-10-3-1-2-4-13(10)28-19(14)22-18(24)15-11-7-8-12(27-11)16(15)20(25)26/h9,11-12,15-16H,1-8H2,(H,21,23)(H,22,24)(H,25,26). The molecule has 150 valence electrons. The van der Waals surface area contributed by atoms with Crippen LogP contribution >= 0.6 is 11.3 Å². The second-order valence-corrected chi connectivity index (χ2v) is 9.44. The number of carboxylic acid groups (broad SMARTS) is 1. The van der Waals surface area contributed by atoms with E-state index in [1.165, 1.54) is 16.2 Å². The highest BCUT2D eigenvalue weighted by atomic mass is 32.1. The molecule has 2 saturated heterocycles. The Morgan fingerprint density at radius 1 is 1.00 bits per heavy atom. The summed E-state index contributed by atoms with van der Waals surface area (Å²) in [7, 11) is 0. The second kappa shape index (κ2) is 6.84. The summed E-state index contributed by atoms with van der Waals surface area (Å²) in [6.45, 7) is 0. The number of hydrogen-bond acceptors (Lipinski definition) is 5. The SMILES string of the molecule is O=C(NC1CC1)c1c(NC(=O)C2C3CCC(O3)C2C(=O)O)sc2c1CCCC2. The van der Waals surface area contributed by atoms with E-state index >= 15 is 0 Å². The fraction of sp³-hybridized carbons (Fsp3) is 0.650. The predicted octanol–water partition coefficient (Wildman–Crippen LogP) is 2.34. The molecule has 3 N–H and O–H groups in total. The average Bonchev–Trinajstić information content (AvgIpc) is 3.10. The highest BCUT2D eigenvalue weighted by molar-refractivity contribution is 7.17. The third-order valence-corrected chi connectivity index (χ3v) is 7.62. The van der Waals surface area contributed by atoms with Crippen LogP contribution in [0.1, 0.15) is 59.3 Å². The van der Waals surface area contributed by atoms with E-state index in [-0.39, 0.29) is 30.1 Å². The molecule has 4 aliphatic rings. The lowest BCUT2D eigenvalue weighted by molar-refractivity contribution is -0.147. The Labute approximate surface area is 166 Å². The van der Waals surface area contributed by atoms with Gasteiger partial charge in [-0.15, -0.1) is 11.3 Å². The fourth-order valence-electron chi connectivity index (χ4n) is 4.90. The maximum atomic E-state index is 13.1. The maximum absolute atomic E-state index is 13.1. The van der Waals surface area contributed by atoms with E-state index in [1.807, 2.05) is 0 Å². The summed E-state index contributed by atoms with van der Waals surface area (Å²) >= 11 is 1.47. The minimum Gasteiger partial charge on any atom is -0.481 e. The maximum Gasteiger partial charge on any atom is 0.310 e. The van der Waals surface area contributed by atoms with Crippen molar-refractivity contribution in [3.05, 3.63) is 16.0 Å². The smallest absolute Gasteiger partial charge is 0.310 e. The molecule has 8 heteroatoms. The van der Waals surface area contributed by atoms with E-state index in [1.54, 1.807) is 0 Å². The summed E-state index contributed by atoms with van der Waals surface area (Å²) in [6, 6.07) is 0.241. The molecule has 0 radical (unpaired) electrons. The van der Waals surface area contributed by atoms with Gasteiger partial charge >= 0.3 is 5.97 Å². The van der Waals surface area contributed by atoms with Crippen LogP contribution in [0.2, 0.25) is 0 Å². The zero-order valence-electron chi connectivity index (χ0n) is 15.5. The predicted molar refractivity (Wildman–Crippen MR) is 103 cm³/mol. The number of nitrogens with one attached hydrogen (secondary N) is 2. The lowest BCUT2D eigenvalue weighted by Crippen LogP contribution is -2.41. The van der Waals surface area contributed by atoms with Crippen molar-refractivity contribution in [3.8, 4) is 0 Å². The first-order valence-electron chi connectivity index (χ1n) is 10.2. The Hall–Kier alpha value is -1.93. The summed E-state index contributed by atoms with van der Waals surface area (Å²) in [6.07, 6.45) is 6.59. The van der Waals surface area contributed by atoms with Crippen LogP contribution in [0.5, 0.6) is 0 Å². The number of thiophene rings is 1. The van der Waals surface area contributed by atoms with E-state index < -0.39 is 17.8 Å². The van der Waals surface area contributed by atoms with Gasteiger partial charge in [0.1, 0.15) is 5.00 Å². The van der Waals surface area contributed by atoms with Gasteiger partial charge in [-0.25, -0.2) is 0 Å². The second-order valence-electron chi connectivity index (χ2n) is 8.33. The van der Waals surface area contributed by atoms with Gasteiger partial charge in [-0.05, 0) is 56.9 Å². The normalized spacial score (nSPS) is 30.7. The quantitative estimate of drug-likeness (QED) is 0.699. The average molecular weight is 404 g/mol. The molecule has 2 aliphatic carbocycles. The Morgan fingerprint density at radius 2 is 1.71 bits per heavy atom. The first-order valence-corrected chi connectivity index (χ1v) is 11.0. The first-order chi connectivity index (χ1) is 13.5. The first kappa shape index (κ1) is 18.1. The molecule has 2 bridgehead atoms. The lowest BCUT2D eigenvalue weighted by atomic mass is 9.78. The molecule has 3 fully saturated rings. The van der Waals surface area contributed by atoms with Crippen LogP contribution in [0, 0.1) is 11.8 Å². The number of hydrogen-bond donors (Lipinski definition) is 3. The van der Waals surface area contributed by atoms with Gasteiger partial charge in [-0.1, -0.05) is 0 Å². The summed E-state index contributed by atoms with van der Waals surface area (Å²) in [5, 5.41) is 16.1. The van der Waals surface area contributed by atoms with Crippen molar-refractivity contribution in [1.82, 2.24) is 5.32 Å². The molecule has 1 saturated carbocycles. The monoisotopic (exact) mass is 404 g/mol. The molecule has 1 aromatic rings. The van der Waals surface area contributed by atoms with E-state index in [0.29, 0.717) is 23.4 Å². The molecule has 2 aliphatic heterocycles. The number of rotatable bonds is 5. The Bertz CT molecular complexity index is 846. The third-order valence-electron chi connectivity index (χ3n) is 6.41. The number of ether oxygens (including phenoxy) is 1. The number of amides is 2. The van der Waals surface area contributed by atoms with Crippen LogP contribution in [-0.4, -0.2) is 41.1 Å². The lowest BCUT2D eigenvalue weighted by Gasteiger charge is -2.23. The number of carbonyl (C=O) groups is 3. The minimum absolute atomic E-state index is 0.115. The van der Waals surface area contributed by atoms with Crippen molar-refractivity contribution in [2.45, 2.75) is 69.6 Å². The zero-order chi connectivity index (χ0) is 19.4. The van der Waals surface area contributed by atoms with Crippen molar-refractivity contribution in [3.63, 3.8) is 0 Å². The molecular weight excluding hydrogens is 380 g/mol. The summed E-state index contributed by atoms with van der Waals surface area (Å²) in [4.78, 5) is 38.8. The number of carboxylic acids is 1. The molecule has 4 unspecified atom stereocenters. The van der Waals surface area contributed by atoms with Gasteiger partial charge in [0.2, 0.25) is 5.91 Å². The van der Waals surface area contributed by atoms with Gasteiger partial charge < -0.3 is 20.5 Å². The number of anilines is 1. The van der Waals surface area contributed by atoms with Gasteiger partial charge in [-0.3, -0.25) is 14.4 Å². The number of fused-ring (bicyclic) bond motifs is 3. The summed E-state index contributed by atoms with van der Waals surface area (Å²) in [5.74, 6) is -2.94. The molecule has 0 spiro atoms. The highest BCUT2D eigenvalue weighted by Gasteiger charge is 2.55. The van der Waals surface area contributed by atoms with Gasteiger partial charge in [-0.2, -0.15) is 0 Å². The van der Waals surface area contributed by atoms with Gasteiger partial charge in [0.25, 0.3) is 5.91 Å². The summed E-state index contributed by atoms with van der Waals surface area (Å²) < 4.78 is 5.72. The number of aryl methyl sites for hydroxylation is 1. The molecule has 1 aromatic heterocycles. The van der Waals surface area contributed by atoms with Crippen molar-refractivity contribution in [1.29, 1.82) is 0 Å². The molecule has 3 heterocycles. The van der Waals surface area contributed by atoms with Crippen LogP contribution in [0.4, 0.5) is 5.00 Å². The van der Waals surface area contributed by atoms with E-state index in [2.05, 4.69) is 10.6 Å². The van der Waals surface area contributed by atoms with E-state index in [0.717, 1.165) is 44.1 Å². The minimum atomic E-state index is -0.982. The Morgan fingerprint density at radius 3 is 2.43 bits per heavy atom. The zero-order valence-corrected chi connectivity index (χ0v) is 16.3. The summed E-state index contributed by atoms with van der Waals surface area (Å²) in [5.41, 5.74) is 1.65. The van der Waals surface area contributed by atoms with E-state index in [9.17, 15) is 19.5 Å². The van der Waals surface area contributed by atoms with Crippen molar-refractivity contribution in [2.24, 2.45) is 11.8 Å². The molecular formula is C20H24N2O5S. The largest absolute Gasteiger partial charge is 0.481 e. The molecule has 5 rings (SSSR count). The Balaban J connectivity index is 1.43. The molecule has 7 nitrogen and oxygen atoms in total. The van der Waals surface area contributed by atoms with Gasteiger partial charge in [0, 0.05) is 10.9 Å². The van der Waals surface area contributed by atoms with Crippen molar-refractivity contribution >= 4 is 34.1 Å². The topological polar surface area (TPSA) is 105 Å². The molecule has 4 atom stereocenters.